The highest BCUT2D eigenvalue weighted by atomic mass is 16.5. The van der Waals surface area contributed by atoms with Gasteiger partial charge in [-0.15, -0.1) is 5.10 Å². The Bertz CT molecular complexity index is 1390. The van der Waals surface area contributed by atoms with Crippen LogP contribution in [0, 0.1) is 0 Å². The number of morpholine rings is 1. The van der Waals surface area contributed by atoms with Gasteiger partial charge < -0.3 is 14.4 Å². The Balaban J connectivity index is 1.01. The third-order valence-corrected chi connectivity index (χ3v) is 8.26. The molecule has 1 aliphatic carbocycles. The first kappa shape index (κ1) is 23.4. The maximum absolute atomic E-state index is 13.6. The van der Waals surface area contributed by atoms with Crippen LogP contribution >= 0.6 is 0 Å². The number of hydrogen-bond donors (Lipinski definition) is 0. The van der Waals surface area contributed by atoms with Gasteiger partial charge in [-0.25, -0.2) is 9.78 Å². The highest BCUT2D eigenvalue weighted by Crippen LogP contribution is 2.35. The van der Waals surface area contributed by atoms with E-state index in [4.69, 9.17) is 14.5 Å². The van der Waals surface area contributed by atoms with Crippen molar-refractivity contribution in [2.24, 2.45) is 0 Å². The number of benzene rings is 1. The van der Waals surface area contributed by atoms with Gasteiger partial charge in [-0.2, -0.15) is 4.68 Å². The van der Waals surface area contributed by atoms with E-state index in [-0.39, 0.29) is 36.0 Å². The fraction of sp³-hybridized carbons (Fsp3) is 0.481. The lowest BCUT2D eigenvalue weighted by Crippen LogP contribution is -2.60. The standard InChI is InChI=1S/C27H29N7O4/c1-16-10-18-11-17(2-3-20(18)27(36)38-16)24-13-32-8-9-33(12-19(32)14-37-24)26(35)22-4-6-23-21(22)5-7-25(29-23)34-15-28-30-31-34/h2-3,5,7,11,15-16,19,22,24H,4,6,8-10,12-14H2,1H3/t16-,19-,22?,24?/m1/s1. The molecular weight excluding hydrogens is 486 g/mol. The number of hydrogen-bond acceptors (Lipinski definition) is 9. The zero-order valence-electron chi connectivity index (χ0n) is 21.2. The van der Waals surface area contributed by atoms with E-state index in [2.05, 4.69) is 26.5 Å². The summed E-state index contributed by atoms with van der Waals surface area (Å²) in [4.78, 5) is 34.9. The van der Waals surface area contributed by atoms with Gasteiger partial charge in [-0.3, -0.25) is 9.69 Å². The molecule has 0 saturated carbocycles. The van der Waals surface area contributed by atoms with Gasteiger partial charge in [-0.05, 0) is 59.0 Å². The van der Waals surface area contributed by atoms with Crippen LogP contribution in [-0.2, 0) is 27.1 Å². The smallest absolute Gasteiger partial charge is 0.338 e. The van der Waals surface area contributed by atoms with Crippen LogP contribution in [0.4, 0.5) is 0 Å². The average Bonchev–Trinajstić information content (AvgIpc) is 3.62. The predicted molar refractivity (Wildman–Crippen MR) is 134 cm³/mol. The molecule has 2 saturated heterocycles. The van der Waals surface area contributed by atoms with E-state index in [0.29, 0.717) is 31.1 Å². The molecule has 0 radical (unpaired) electrons. The van der Waals surface area contributed by atoms with Crippen molar-refractivity contribution in [2.45, 2.75) is 50.4 Å². The quantitative estimate of drug-likeness (QED) is 0.478. The number of nitrogens with zero attached hydrogens (tertiary/aromatic N) is 7. The van der Waals surface area contributed by atoms with Crippen LogP contribution in [-0.4, -0.2) is 91.8 Å². The van der Waals surface area contributed by atoms with Crippen molar-refractivity contribution in [1.29, 1.82) is 0 Å². The molecule has 3 aromatic rings. The van der Waals surface area contributed by atoms with Crippen molar-refractivity contribution in [1.82, 2.24) is 35.0 Å². The lowest BCUT2D eigenvalue weighted by molar-refractivity contribution is -0.141. The molecular formula is C27H29N7O4. The molecule has 0 bridgehead atoms. The van der Waals surface area contributed by atoms with Gasteiger partial charge in [0.25, 0.3) is 0 Å². The van der Waals surface area contributed by atoms with Gasteiger partial charge in [-0.1, -0.05) is 18.2 Å². The monoisotopic (exact) mass is 515 g/mol. The zero-order chi connectivity index (χ0) is 25.8. The summed E-state index contributed by atoms with van der Waals surface area (Å²) >= 11 is 0. The number of amides is 1. The molecule has 0 N–H and O–H groups in total. The van der Waals surface area contributed by atoms with E-state index in [1.54, 1.807) is 0 Å². The SMILES string of the molecule is C[C@@H]1Cc2cc(C3CN4CCN(C(=O)C5CCc6nc(-n7cnnn7)ccc65)C[C@@H]4CO3)ccc2C(=O)O1. The molecule has 196 valence electrons. The number of esters is 1. The second-order valence-electron chi connectivity index (χ2n) is 10.6. The second-order valence-corrected chi connectivity index (χ2v) is 10.6. The minimum absolute atomic E-state index is 0.0470. The van der Waals surface area contributed by atoms with Crippen molar-refractivity contribution in [3.63, 3.8) is 0 Å². The number of carbonyl (C=O) groups excluding carboxylic acids is 2. The molecule has 4 aliphatic rings. The van der Waals surface area contributed by atoms with Gasteiger partial charge in [0.2, 0.25) is 5.91 Å². The summed E-state index contributed by atoms with van der Waals surface area (Å²) in [5.74, 6) is 0.439. The first-order valence-electron chi connectivity index (χ1n) is 13.2. The molecule has 7 rings (SSSR count). The van der Waals surface area contributed by atoms with Crippen molar-refractivity contribution in [3.8, 4) is 5.82 Å². The maximum Gasteiger partial charge on any atom is 0.338 e. The van der Waals surface area contributed by atoms with Crippen molar-refractivity contribution in [3.05, 3.63) is 64.6 Å². The molecule has 0 spiro atoms. The van der Waals surface area contributed by atoms with Crippen LogP contribution in [0.3, 0.4) is 0 Å². The number of ether oxygens (including phenoxy) is 2. The summed E-state index contributed by atoms with van der Waals surface area (Å²) in [6.07, 6.45) is 3.63. The number of fused-ring (bicyclic) bond motifs is 3. The van der Waals surface area contributed by atoms with Gasteiger partial charge >= 0.3 is 5.97 Å². The third kappa shape index (κ3) is 4.06. The van der Waals surface area contributed by atoms with Crippen molar-refractivity contribution in [2.75, 3.05) is 32.8 Å². The maximum atomic E-state index is 13.6. The minimum Gasteiger partial charge on any atom is -0.459 e. The van der Waals surface area contributed by atoms with Gasteiger partial charge in [0.05, 0.1) is 30.2 Å². The molecule has 11 heteroatoms. The van der Waals surface area contributed by atoms with Gasteiger partial charge in [0, 0.05) is 38.3 Å². The minimum atomic E-state index is -0.246. The number of aromatic nitrogens is 5. The molecule has 5 heterocycles. The number of aryl methyl sites for hydroxylation is 1. The molecule has 3 aliphatic heterocycles. The molecule has 2 aromatic heterocycles. The zero-order valence-corrected chi connectivity index (χ0v) is 21.2. The Morgan fingerprint density at radius 2 is 2.05 bits per heavy atom. The van der Waals surface area contributed by atoms with E-state index < -0.39 is 0 Å². The Labute approximate surface area is 219 Å². The van der Waals surface area contributed by atoms with Crippen molar-refractivity contribution >= 4 is 11.9 Å². The Hall–Kier alpha value is -3.70. The van der Waals surface area contributed by atoms with Crippen LogP contribution in [0.2, 0.25) is 0 Å². The average molecular weight is 516 g/mol. The first-order valence-corrected chi connectivity index (χ1v) is 13.2. The largest absolute Gasteiger partial charge is 0.459 e. The van der Waals surface area contributed by atoms with Crippen LogP contribution in [0.15, 0.2) is 36.7 Å². The Morgan fingerprint density at radius 1 is 1.13 bits per heavy atom. The lowest BCUT2D eigenvalue weighted by Gasteiger charge is -2.46. The third-order valence-electron chi connectivity index (χ3n) is 8.26. The Kier molecular flexibility index (Phi) is 5.70. The topological polar surface area (TPSA) is 116 Å². The molecule has 2 fully saturated rings. The van der Waals surface area contributed by atoms with E-state index in [1.807, 2.05) is 36.1 Å². The predicted octanol–water partition coefficient (Wildman–Crippen LogP) is 1.47. The summed E-state index contributed by atoms with van der Waals surface area (Å²) in [7, 11) is 0. The summed E-state index contributed by atoms with van der Waals surface area (Å²) in [6, 6.07) is 10.0. The number of cyclic esters (lactones) is 1. The highest BCUT2D eigenvalue weighted by Gasteiger charge is 2.39. The fourth-order valence-electron chi connectivity index (χ4n) is 6.29. The Morgan fingerprint density at radius 3 is 2.92 bits per heavy atom. The number of tetrazole rings is 1. The van der Waals surface area contributed by atoms with Crippen molar-refractivity contribution < 1.29 is 19.1 Å². The van der Waals surface area contributed by atoms with E-state index >= 15 is 0 Å². The van der Waals surface area contributed by atoms with Crippen LogP contribution in [0.5, 0.6) is 0 Å². The second kappa shape index (κ2) is 9.25. The summed E-state index contributed by atoms with van der Waals surface area (Å²) in [6.45, 7) is 5.47. The van der Waals surface area contributed by atoms with E-state index in [0.717, 1.165) is 54.7 Å². The number of pyridine rings is 1. The van der Waals surface area contributed by atoms with Crippen LogP contribution in [0.1, 0.15) is 58.1 Å². The summed E-state index contributed by atoms with van der Waals surface area (Å²) in [5.41, 5.74) is 4.75. The molecule has 2 unspecified atom stereocenters. The summed E-state index contributed by atoms with van der Waals surface area (Å²) < 4.78 is 13.2. The normalized spacial score (nSPS) is 26.9. The molecule has 4 atom stereocenters. The first-order chi connectivity index (χ1) is 18.5. The number of piperazine rings is 1. The molecule has 11 nitrogen and oxygen atoms in total. The van der Waals surface area contributed by atoms with E-state index in [1.165, 1.54) is 11.0 Å². The highest BCUT2D eigenvalue weighted by molar-refractivity contribution is 5.92. The lowest BCUT2D eigenvalue weighted by atomic mass is 9.94. The number of carbonyl (C=O) groups is 2. The van der Waals surface area contributed by atoms with Gasteiger partial charge in [0.1, 0.15) is 12.4 Å². The number of rotatable bonds is 3. The molecule has 1 aromatic carbocycles. The summed E-state index contributed by atoms with van der Waals surface area (Å²) in [5, 5.41) is 11.3. The van der Waals surface area contributed by atoms with Crippen LogP contribution < -0.4 is 0 Å². The van der Waals surface area contributed by atoms with E-state index in [9.17, 15) is 9.59 Å². The van der Waals surface area contributed by atoms with Gasteiger partial charge in [0.15, 0.2) is 5.82 Å². The van der Waals surface area contributed by atoms with Crippen LogP contribution in [0.25, 0.3) is 5.82 Å². The fourth-order valence-corrected chi connectivity index (χ4v) is 6.29. The molecule has 38 heavy (non-hydrogen) atoms. The molecule has 1 amide bonds.